The largest absolute Gasteiger partial charge is 0.391 e. The lowest BCUT2D eigenvalue weighted by Gasteiger charge is -2.22. The van der Waals surface area contributed by atoms with Gasteiger partial charge in [-0.15, -0.1) is 0 Å². The van der Waals surface area contributed by atoms with Crippen molar-refractivity contribution in [2.24, 2.45) is 5.73 Å². The molecule has 4 N–H and O–H groups in total. The first-order valence-electron chi connectivity index (χ1n) is 15.3. The van der Waals surface area contributed by atoms with Crippen LogP contribution >= 0.6 is 0 Å². The quantitative estimate of drug-likeness (QED) is 0.144. The van der Waals surface area contributed by atoms with Crippen LogP contribution in [0.5, 0.6) is 0 Å². The first-order valence-corrected chi connectivity index (χ1v) is 15.3. The van der Waals surface area contributed by atoms with Crippen LogP contribution in [-0.4, -0.2) is 34.1 Å². The number of aromatic nitrogens is 1. The van der Waals surface area contributed by atoms with Crippen molar-refractivity contribution in [1.29, 1.82) is 0 Å². The number of benzene rings is 1. The summed E-state index contributed by atoms with van der Waals surface area (Å²) in [6, 6.07) is 6.84. The summed E-state index contributed by atoms with van der Waals surface area (Å²) in [5.41, 5.74) is 7.00. The van der Waals surface area contributed by atoms with E-state index in [2.05, 4.69) is 12.2 Å². The number of aliphatic hydroxyl groups is 1. The first-order chi connectivity index (χ1) is 18.5. The lowest BCUT2D eigenvalue weighted by Crippen LogP contribution is -2.38. The Morgan fingerprint density at radius 2 is 1.34 bits per heavy atom. The number of rotatable bonds is 22. The Morgan fingerprint density at radius 3 is 1.84 bits per heavy atom. The fourth-order valence-electron chi connectivity index (χ4n) is 5.40. The van der Waals surface area contributed by atoms with E-state index in [1.165, 1.54) is 89.9 Å². The summed E-state index contributed by atoms with van der Waals surface area (Å²) in [4.78, 5) is 24.6. The van der Waals surface area contributed by atoms with Gasteiger partial charge in [0.25, 0.3) is 0 Å². The SMILES string of the molecule is CCCCCCCCCCCCCCCCCCNC(=O)[C@H]([C@@H](C)O)n1cc(CC(N)=O)c2ccccc21. The molecule has 0 bridgehead atoms. The van der Waals surface area contributed by atoms with Crippen molar-refractivity contribution in [2.75, 3.05) is 6.54 Å². The number of amides is 2. The second-order valence-electron chi connectivity index (χ2n) is 11.0. The molecule has 2 atom stereocenters. The highest BCUT2D eigenvalue weighted by Crippen LogP contribution is 2.27. The van der Waals surface area contributed by atoms with E-state index in [9.17, 15) is 14.7 Å². The number of para-hydroxylation sites is 1. The minimum Gasteiger partial charge on any atom is -0.391 e. The van der Waals surface area contributed by atoms with Crippen molar-refractivity contribution < 1.29 is 14.7 Å². The molecule has 0 aliphatic rings. The summed E-state index contributed by atoms with van der Waals surface area (Å²) in [7, 11) is 0. The molecule has 1 aromatic carbocycles. The maximum atomic E-state index is 13.0. The molecule has 2 aromatic rings. The molecule has 0 fully saturated rings. The maximum Gasteiger partial charge on any atom is 0.245 e. The molecule has 2 amide bonds. The van der Waals surface area contributed by atoms with E-state index in [4.69, 9.17) is 5.73 Å². The van der Waals surface area contributed by atoms with Crippen molar-refractivity contribution in [3.05, 3.63) is 36.0 Å². The van der Waals surface area contributed by atoms with Gasteiger partial charge in [0.1, 0.15) is 6.04 Å². The van der Waals surface area contributed by atoms with Crippen molar-refractivity contribution in [2.45, 2.75) is 135 Å². The monoisotopic (exact) mass is 527 g/mol. The average Bonchev–Trinajstić information content (AvgIpc) is 3.23. The minimum atomic E-state index is -0.877. The second-order valence-corrected chi connectivity index (χ2v) is 11.0. The number of carbonyl (C=O) groups is 2. The van der Waals surface area contributed by atoms with Crippen LogP contribution < -0.4 is 11.1 Å². The average molecular weight is 528 g/mol. The van der Waals surface area contributed by atoms with Gasteiger partial charge in [-0.1, -0.05) is 121 Å². The maximum absolute atomic E-state index is 13.0. The van der Waals surface area contributed by atoms with Gasteiger partial charge in [0, 0.05) is 23.6 Å². The zero-order chi connectivity index (χ0) is 27.6. The normalized spacial score (nSPS) is 13.0. The van der Waals surface area contributed by atoms with Crippen LogP contribution in [0.4, 0.5) is 0 Å². The molecule has 6 heteroatoms. The number of unbranched alkanes of at least 4 members (excludes halogenated alkanes) is 15. The Balaban J connectivity index is 1.60. The van der Waals surface area contributed by atoms with Crippen molar-refractivity contribution in [1.82, 2.24) is 9.88 Å². The van der Waals surface area contributed by atoms with Gasteiger partial charge in [-0.05, 0) is 25.0 Å². The van der Waals surface area contributed by atoms with Crippen LogP contribution in [-0.2, 0) is 16.0 Å². The molecule has 0 spiro atoms. The number of nitrogens with one attached hydrogen (secondary N) is 1. The van der Waals surface area contributed by atoms with E-state index in [1.54, 1.807) is 17.7 Å². The van der Waals surface area contributed by atoms with Gasteiger partial charge >= 0.3 is 0 Å². The third-order valence-corrected chi connectivity index (χ3v) is 7.54. The standard InChI is InChI=1S/C32H53N3O3/c1-3-4-5-6-7-8-9-10-11-12-13-14-15-16-17-20-23-34-32(38)31(26(2)36)35-25-27(24-30(33)37)28-21-18-19-22-29(28)35/h18-19,21-22,25-26,31,36H,3-17,20,23-24H2,1-2H3,(H2,33,37)(H,34,38)/t26-,31+/m1/s1. The molecular weight excluding hydrogens is 474 g/mol. The van der Waals surface area contributed by atoms with Crippen molar-refractivity contribution in [3.63, 3.8) is 0 Å². The number of hydrogen-bond donors (Lipinski definition) is 3. The van der Waals surface area contributed by atoms with Crippen molar-refractivity contribution >= 4 is 22.7 Å². The highest BCUT2D eigenvalue weighted by atomic mass is 16.3. The molecule has 0 unspecified atom stereocenters. The van der Waals surface area contributed by atoms with Gasteiger partial charge in [-0.3, -0.25) is 9.59 Å². The Kier molecular flexibility index (Phi) is 15.8. The molecular formula is C32H53N3O3. The topological polar surface area (TPSA) is 97.3 Å². The van der Waals surface area contributed by atoms with Gasteiger partial charge in [-0.2, -0.15) is 0 Å². The van der Waals surface area contributed by atoms with Crippen molar-refractivity contribution in [3.8, 4) is 0 Å². The van der Waals surface area contributed by atoms with E-state index in [0.29, 0.717) is 6.54 Å². The predicted octanol–water partition coefficient (Wildman–Crippen LogP) is 6.97. The van der Waals surface area contributed by atoms with Gasteiger partial charge in [0.2, 0.25) is 11.8 Å². The number of nitrogens with zero attached hydrogens (tertiary/aromatic N) is 1. The van der Waals surface area contributed by atoms with E-state index >= 15 is 0 Å². The molecule has 214 valence electrons. The molecule has 1 aromatic heterocycles. The molecule has 6 nitrogen and oxygen atoms in total. The Hall–Kier alpha value is -2.34. The summed E-state index contributed by atoms with van der Waals surface area (Å²) in [5.74, 6) is -0.623. The molecule has 0 saturated heterocycles. The molecule has 38 heavy (non-hydrogen) atoms. The van der Waals surface area contributed by atoms with E-state index in [-0.39, 0.29) is 12.3 Å². The van der Waals surface area contributed by atoms with Crippen LogP contribution in [0.15, 0.2) is 30.5 Å². The zero-order valence-corrected chi connectivity index (χ0v) is 24.1. The van der Waals surface area contributed by atoms with E-state index in [1.807, 2.05) is 24.3 Å². The molecule has 0 saturated carbocycles. The smallest absolute Gasteiger partial charge is 0.245 e. The second kappa shape index (κ2) is 18.8. The minimum absolute atomic E-state index is 0.0981. The Morgan fingerprint density at radius 1 is 0.842 bits per heavy atom. The summed E-state index contributed by atoms with van der Waals surface area (Å²) >= 11 is 0. The summed E-state index contributed by atoms with van der Waals surface area (Å²) in [6.07, 6.45) is 22.1. The summed E-state index contributed by atoms with van der Waals surface area (Å²) in [5, 5.41) is 14.3. The first kappa shape index (κ1) is 31.9. The van der Waals surface area contributed by atoms with E-state index in [0.717, 1.165) is 29.3 Å². The number of carbonyl (C=O) groups excluding carboxylic acids is 2. The zero-order valence-electron chi connectivity index (χ0n) is 24.1. The van der Waals surface area contributed by atoms with Gasteiger partial charge in [-0.25, -0.2) is 0 Å². The van der Waals surface area contributed by atoms with Crippen LogP contribution in [0.2, 0.25) is 0 Å². The van der Waals surface area contributed by atoms with Crippen LogP contribution in [0.25, 0.3) is 10.9 Å². The lowest BCUT2D eigenvalue weighted by molar-refractivity contribution is -0.127. The number of hydrogen-bond acceptors (Lipinski definition) is 3. The van der Waals surface area contributed by atoms with Crippen LogP contribution in [0.3, 0.4) is 0 Å². The molecule has 2 rings (SSSR count). The molecule has 0 aliphatic heterocycles. The molecule has 1 heterocycles. The Bertz CT molecular complexity index is 937. The van der Waals surface area contributed by atoms with Gasteiger partial charge in [0.15, 0.2) is 0 Å². The fraction of sp³-hybridized carbons (Fsp3) is 0.688. The van der Waals surface area contributed by atoms with Gasteiger partial charge in [0.05, 0.1) is 12.5 Å². The van der Waals surface area contributed by atoms with Crippen LogP contribution in [0, 0.1) is 0 Å². The highest BCUT2D eigenvalue weighted by molar-refractivity contribution is 5.91. The van der Waals surface area contributed by atoms with Crippen LogP contribution in [0.1, 0.15) is 128 Å². The molecule has 0 radical (unpaired) electrons. The van der Waals surface area contributed by atoms with Gasteiger partial charge < -0.3 is 20.7 Å². The third kappa shape index (κ3) is 11.6. The molecule has 0 aliphatic carbocycles. The summed E-state index contributed by atoms with van der Waals surface area (Å²) in [6.45, 7) is 4.50. The predicted molar refractivity (Wildman–Crippen MR) is 158 cm³/mol. The van der Waals surface area contributed by atoms with E-state index < -0.39 is 18.1 Å². The number of nitrogens with two attached hydrogens (primary N) is 1. The lowest BCUT2D eigenvalue weighted by atomic mass is 10.0. The number of aliphatic hydroxyl groups excluding tert-OH is 1. The fourth-order valence-corrected chi connectivity index (χ4v) is 5.40. The third-order valence-electron chi connectivity index (χ3n) is 7.54. The summed E-state index contributed by atoms with van der Waals surface area (Å²) < 4.78 is 1.78. The number of fused-ring (bicyclic) bond motifs is 1. The number of primary amides is 1. The highest BCUT2D eigenvalue weighted by Gasteiger charge is 2.27. The Labute approximate surface area is 230 Å².